The SMILES string of the molecule is Cc1cc(-c2ccc(C(=O)O)cc2)nc(C2CCN(S(=O)(=O)N(C)C)CC2)n1. The second kappa shape index (κ2) is 7.94. The summed E-state index contributed by atoms with van der Waals surface area (Å²) in [6.07, 6.45) is 1.32. The number of aromatic nitrogens is 2. The summed E-state index contributed by atoms with van der Waals surface area (Å²) in [4.78, 5) is 20.3. The molecule has 0 atom stereocenters. The highest BCUT2D eigenvalue weighted by Crippen LogP contribution is 2.29. The summed E-state index contributed by atoms with van der Waals surface area (Å²) in [5, 5.41) is 9.04. The normalized spacial score (nSPS) is 16.4. The predicted octanol–water partition coefficient (Wildman–Crippen LogP) is 2.14. The van der Waals surface area contributed by atoms with Crippen molar-refractivity contribution in [3.05, 3.63) is 47.4 Å². The van der Waals surface area contributed by atoms with Crippen LogP contribution < -0.4 is 0 Å². The molecule has 2 heterocycles. The number of aromatic carboxylic acids is 1. The molecule has 2 aromatic rings. The molecule has 0 bridgehead atoms. The number of carboxylic acids is 1. The van der Waals surface area contributed by atoms with Crippen molar-refractivity contribution in [2.24, 2.45) is 0 Å². The number of hydrogen-bond donors (Lipinski definition) is 1. The molecule has 9 heteroatoms. The van der Waals surface area contributed by atoms with Crippen molar-refractivity contribution < 1.29 is 18.3 Å². The number of piperidine rings is 1. The van der Waals surface area contributed by atoms with E-state index < -0.39 is 16.2 Å². The van der Waals surface area contributed by atoms with Gasteiger partial charge in [0.05, 0.1) is 11.3 Å². The molecule has 1 aromatic carbocycles. The molecule has 0 amide bonds. The minimum Gasteiger partial charge on any atom is -0.478 e. The maximum atomic E-state index is 12.3. The highest BCUT2D eigenvalue weighted by molar-refractivity contribution is 7.86. The fourth-order valence-corrected chi connectivity index (χ4v) is 4.42. The van der Waals surface area contributed by atoms with Gasteiger partial charge in [0.15, 0.2) is 0 Å². The topological polar surface area (TPSA) is 104 Å². The van der Waals surface area contributed by atoms with Crippen LogP contribution in [0, 0.1) is 6.92 Å². The Hall–Kier alpha value is -2.36. The van der Waals surface area contributed by atoms with E-state index >= 15 is 0 Å². The lowest BCUT2D eigenvalue weighted by Crippen LogP contribution is -2.44. The Morgan fingerprint density at radius 1 is 1.14 bits per heavy atom. The lowest BCUT2D eigenvalue weighted by Gasteiger charge is -2.32. The van der Waals surface area contributed by atoms with E-state index in [1.54, 1.807) is 24.3 Å². The number of benzene rings is 1. The molecular formula is C19H24N4O4S. The molecule has 0 aliphatic carbocycles. The first-order valence-electron chi connectivity index (χ1n) is 9.05. The van der Waals surface area contributed by atoms with Crippen LogP contribution in [0.4, 0.5) is 0 Å². The van der Waals surface area contributed by atoms with E-state index in [1.807, 2.05) is 13.0 Å². The molecule has 28 heavy (non-hydrogen) atoms. The third kappa shape index (κ3) is 4.21. The average molecular weight is 404 g/mol. The lowest BCUT2D eigenvalue weighted by molar-refractivity contribution is 0.0697. The highest BCUT2D eigenvalue weighted by atomic mass is 32.2. The van der Waals surface area contributed by atoms with Crippen molar-refractivity contribution in [2.75, 3.05) is 27.2 Å². The maximum absolute atomic E-state index is 12.3. The summed E-state index contributed by atoms with van der Waals surface area (Å²) in [5.41, 5.74) is 2.61. The Kier molecular flexibility index (Phi) is 5.78. The van der Waals surface area contributed by atoms with Crippen LogP contribution in [0.2, 0.25) is 0 Å². The molecule has 150 valence electrons. The van der Waals surface area contributed by atoms with E-state index in [1.165, 1.54) is 22.7 Å². The van der Waals surface area contributed by atoms with Crippen LogP contribution in [0.1, 0.15) is 40.6 Å². The molecule has 1 saturated heterocycles. The van der Waals surface area contributed by atoms with Gasteiger partial charge in [-0.1, -0.05) is 12.1 Å². The van der Waals surface area contributed by atoms with Crippen molar-refractivity contribution in [1.29, 1.82) is 0 Å². The maximum Gasteiger partial charge on any atom is 0.335 e. The molecule has 1 fully saturated rings. The van der Waals surface area contributed by atoms with Crippen molar-refractivity contribution in [2.45, 2.75) is 25.7 Å². The lowest BCUT2D eigenvalue weighted by atomic mass is 9.96. The molecule has 0 radical (unpaired) electrons. The Morgan fingerprint density at radius 2 is 1.75 bits per heavy atom. The Balaban J connectivity index is 1.80. The number of aryl methyl sites for hydroxylation is 1. The number of nitrogens with zero attached hydrogens (tertiary/aromatic N) is 4. The van der Waals surface area contributed by atoms with E-state index in [2.05, 4.69) is 9.97 Å². The zero-order valence-corrected chi connectivity index (χ0v) is 17.0. The van der Waals surface area contributed by atoms with Gasteiger partial charge in [-0.2, -0.15) is 17.0 Å². The van der Waals surface area contributed by atoms with Crippen molar-refractivity contribution in [3.8, 4) is 11.3 Å². The van der Waals surface area contributed by atoms with Gasteiger partial charge in [0.25, 0.3) is 10.2 Å². The van der Waals surface area contributed by atoms with Gasteiger partial charge in [-0.25, -0.2) is 14.8 Å². The van der Waals surface area contributed by atoms with E-state index in [0.717, 1.165) is 17.0 Å². The Morgan fingerprint density at radius 3 is 2.29 bits per heavy atom. The number of carbonyl (C=O) groups is 1. The van der Waals surface area contributed by atoms with Gasteiger partial charge < -0.3 is 5.11 Å². The first kappa shape index (κ1) is 20.4. The summed E-state index contributed by atoms with van der Waals surface area (Å²) >= 11 is 0. The summed E-state index contributed by atoms with van der Waals surface area (Å²) in [6, 6.07) is 8.45. The number of carboxylic acid groups (broad SMARTS) is 1. The van der Waals surface area contributed by atoms with Crippen LogP contribution in [0.15, 0.2) is 30.3 Å². The first-order chi connectivity index (χ1) is 13.2. The summed E-state index contributed by atoms with van der Waals surface area (Å²) in [7, 11) is -0.329. The predicted molar refractivity (Wildman–Crippen MR) is 105 cm³/mol. The van der Waals surface area contributed by atoms with Crippen LogP contribution in [0.25, 0.3) is 11.3 Å². The van der Waals surface area contributed by atoms with Gasteiger partial charge >= 0.3 is 5.97 Å². The number of hydrogen-bond acceptors (Lipinski definition) is 5. The zero-order chi connectivity index (χ0) is 20.5. The van der Waals surface area contributed by atoms with Crippen LogP contribution in [-0.2, 0) is 10.2 Å². The Bertz CT molecular complexity index is 966. The number of rotatable bonds is 5. The quantitative estimate of drug-likeness (QED) is 0.819. The third-order valence-corrected chi connectivity index (χ3v) is 6.85. The molecular weight excluding hydrogens is 380 g/mol. The van der Waals surface area contributed by atoms with Crippen LogP contribution in [-0.4, -0.2) is 65.3 Å². The molecule has 1 aliphatic heterocycles. The van der Waals surface area contributed by atoms with E-state index in [4.69, 9.17) is 5.11 Å². The van der Waals surface area contributed by atoms with Gasteiger partial charge in [0.1, 0.15) is 5.82 Å². The average Bonchev–Trinajstić information content (AvgIpc) is 2.67. The zero-order valence-electron chi connectivity index (χ0n) is 16.2. The molecule has 8 nitrogen and oxygen atoms in total. The molecule has 1 aliphatic rings. The van der Waals surface area contributed by atoms with Crippen LogP contribution in [0.3, 0.4) is 0 Å². The largest absolute Gasteiger partial charge is 0.478 e. The van der Waals surface area contributed by atoms with Crippen LogP contribution >= 0.6 is 0 Å². The summed E-state index contributed by atoms with van der Waals surface area (Å²) < 4.78 is 27.3. The standard InChI is InChI=1S/C19H24N4O4S/c1-13-12-17(14-4-6-16(7-5-14)19(24)25)21-18(20-13)15-8-10-23(11-9-15)28(26,27)22(2)3/h4-7,12,15H,8-11H2,1-3H3,(H,24,25). The second-order valence-electron chi connectivity index (χ2n) is 7.10. The molecule has 1 N–H and O–H groups in total. The highest BCUT2D eigenvalue weighted by Gasteiger charge is 2.31. The van der Waals surface area contributed by atoms with Crippen molar-refractivity contribution in [3.63, 3.8) is 0 Å². The van der Waals surface area contributed by atoms with E-state index in [9.17, 15) is 13.2 Å². The summed E-state index contributed by atoms with van der Waals surface area (Å²) in [6.45, 7) is 2.77. The van der Waals surface area contributed by atoms with E-state index in [0.29, 0.717) is 31.8 Å². The van der Waals surface area contributed by atoms with Gasteiger partial charge in [0, 0.05) is 44.4 Å². The molecule has 0 unspecified atom stereocenters. The monoisotopic (exact) mass is 404 g/mol. The Labute approximate surface area is 165 Å². The minimum absolute atomic E-state index is 0.0885. The van der Waals surface area contributed by atoms with Crippen molar-refractivity contribution >= 4 is 16.2 Å². The fraction of sp³-hybridized carbons (Fsp3) is 0.421. The smallest absolute Gasteiger partial charge is 0.335 e. The van der Waals surface area contributed by atoms with Gasteiger partial charge in [-0.05, 0) is 38.0 Å². The first-order valence-corrected chi connectivity index (χ1v) is 10.4. The van der Waals surface area contributed by atoms with E-state index in [-0.39, 0.29) is 11.5 Å². The van der Waals surface area contributed by atoms with Gasteiger partial charge in [0.2, 0.25) is 0 Å². The molecule has 3 rings (SSSR count). The minimum atomic E-state index is -3.40. The van der Waals surface area contributed by atoms with Gasteiger partial charge in [-0.15, -0.1) is 0 Å². The molecule has 1 aromatic heterocycles. The van der Waals surface area contributed by atoms with Gasteiger partial charge in [-0.3, -0.25) is 0 Å². The van der Waals surface area contributed by atoms with Crippen molar-refractivity contribution in [1.82, 2.24) is 18.6 Å². The molecule has 0 saturated carbocycles. The molecule has 0 spiro atoms. The summed E-state index contributed by atoms with van der Waals surface area (Å²) in [5.74, 6) is -0.171. The van der Waals surface area contributed by atoms with Crippen LogP contribution in [0.5, 0.6) is 0 Å². The fourth-order valence-electron chi connectivity index (χ4n) is 3.28. The second-order valence-corrected chi connectivity index (χ2v) is 9.24. The third-order valence-electron chi connectivity index (χ3n) is 4.91.